The molecule has 1 aliphatic heterocycles. The van der Waals surface area contributed by atoms with Crippen LogP contribution in [0.15, 0.2) is 48.5 Å². The van der Waals surface area contributed by atoms with E-state index in [1.807, 2.05) is 55.5 Å². The summed E-state index contributed by atoms with van der Waals surface area (Å²) in [6.07, 6.45) is -0.510. The minimum atomic E-state index is -0.510. The molecule has 5 nitrogen and oxygen atoms in total. The van der Waals surface area contributed by atoms with E-state index in [1.165, 1.54) is 5.56 Å². The lowest BCUT2D eigenvalue weighted by Crippen LogP contribution is -2.49. The zero-order chi connectivity index (χ0) is 16.9. The normalized spacial score (nSPS) is 16.1. The highest BCUT2D eigenvalue weighted by atomic mass is 16.5. The fourth-order valence-corrected chi connectivity index (χ4v) is 2.72. The van der Waals surface area contributed by atoms with Crippen molar-refractivity contribution < 1.29 is 14.3 Å². The Morgan fingerprint density at radius 2 is 2.00 bits per heavy atom. The number of rotatable bonds is 5. The number of likely N-dealkylation sites (N-methyl/N-ethyl adjacent to an activating group) is 1. The number of amides is 1. The molecule has 1 aliphatic rings. The molecule has 1 atom stereocenters. The molecule has 0 bridgehead atoms. The van der Waals surface area contributed by atoms with Crippen molar-refractivity contribution in [2.45, 2.75) is 13.0 Å². The summed E-state index contributed by atoms with van der Waals surface area (Å²) in [5, 5.41) is 2.65. The first-order valence-electron chi connectivity index (χ1n) is 8.09. The van der Waals surface area contributed by atoms with Gasteiger partial charge in [0, 0.05) is 7.05 Å². The van der Waals surface area contributed by atoms with E-state index in [1.54, 1.807) is 7.05 Å². The summed E-state index contributed by atoms with van der Waals surface area (Å²) in [6, 6.07) is 15.8. The number of hydrogen-bond acceptors (Lipinski definition) is 4. The number of carbonyl (C=O) groups excluding carboxylic acids is 1. The number of carbonyl (C=O) groups is 1. The van der Waals surface area contributed by atoms with Crippen LogP contribution in [0.5, 0.6) is 11.5 Å². The largest absolute Gasteiger partial charge is 0.492 e. The molecular formula is C19H22N2O3. The third kappa shape index (κ3) is 3.62. The van der Waals surface area contributed by atoms with Crippen LogP contribution in [0.3, 0.4) is 0 Å². The molecule has 0 spiro atoms. The number of anilines is 1. The van der Waals surface area contributed by atoms with Crippen molar-refractivity contribution in [2.24, 2.45) is 0 Å². The summed E-state index contributed by atoms with van der Waals surface area (Å²) in [6.45, 7) is 3.78. The lowest BCUT2D eigenvalue weighted by Gasteiger charge is -2.35. The van der Waals surface area contributed by atoms with Crippen molar-refractivity contribution in [3.63, 3.8) is 0 Å². The van der Waals surface area contributed by atoms with Crippen LogP contribution in [0.1, 0.15) is 5.56 Å². The second kappa shape index (κ2) is 7.25. The minimum absolute atomic E-state index is 0.117. The molecule has 0 saturated carbocycles. The van der Waals surface area contributed by atoms with Gasteiger partial charge in [-0.15, -0.1) is 0 Å². The molecule has 24 heavy (non-hydrogen) atoms. The Balaban J connectivity index is 1.66. The van der Waals surface area contributed by atoms with Crippen LogP contribution in [0, 0.1) is 6.92 Å². The van der Waals surface area contributed by atoms with Crippen LogP contribution < -0.4 is 19.7 Å². The molecule has 0 aliphatic carbocycles. The van der Waals surface area contributed by atoms with E-state index in [0.29, 0.717) is 19.7 Å². The van der Waals surface area contributed by atoms with Crippen molar-refractivity contribution >= 4 is 11.6 Å². The first-order chi connectivity index (χ1) is 11.7. The molecule has 1 N–H and O–H groups in total. The number of para-hydroxylation sites is 2. The molecular weight excluding hydrogens is 304 g/mol. The number of aryl methyl sites for hydroxylation is 1. The number of nitrogens with one attached hydrogen (secondary N) is 1. The highest BCUT2D eigenvalue weighted by Crippen LogP contribution is 2.32. The van der Waals surface area contributed by atoms with Gasteiger partial charge in [-0.2, -0.15) is 0 Å². The summed E-state index contributed by atoms with van der Waals surface area (Å²) in [4.78, 5) is 14.1. The minimum Gasteiger partial charge on any atom is -0.492 e. The van der Waals surface area contributed by atoms with Gasteiger partial charge in [-0.3, -0.25) is 4.79 Å². The van der Waals surface area contributed by atoms with Gasteiger partial charge in [-0.1, -0.05) is 29.8 Å². The van der Waals surface area contributed by atoms with E-state index in [4.69, 9.17) is 9.47 Å². The molecule has 2 aromatic rings. The predicted octanol–water partition coefficient (Wildman–Crippen LogP) is 2.39. The molecule has 0 fully saturated rings. The van der Waals surface area contributed by atoms with E-state index in [2.05, 4.69) is 10.2 Å². The summed E-state index contributed by atoms with van der Waals surface area (Å²) in [7, 11) is 1.62. The van der Waals surface area contributed by atoms with Crippen LogP contribution in [0.2, 0.25) is 0 Å². The summed E-state index contributed by atoms with van der Waals surface area (Å²) in [5.74, 6) is 1.46. The number of ether oxygens (including phenoxy) is 2. The number of hydrogen-bond donors (Lipinski definition) is 1. The number of nitrogens with zero attached hydrogens (tertiary/aromatic N) is 1. The second-order valence-corrected chi connectivity index (χ2v) is 5.80. The first kappa shape index (κ1) is 16.2. The molecule has 0 saturated heterocycles. The van der Waals surface area contributed by atoms with Gasteiger partial charge in [0.1, 0.15) is 18.1 Å². The molecule has 0 radical (unpaired) electrons. The smallest absolute Gasteiger partial charge is 0.262 e. The Kier molecular flexibility index (Phi) is 4.89. The standard InChI is InChI=1S/C19H22N2O3/c1-14-7-9-15(10-8-14)23-12-11-21-13-18(19(22)20-2)24-17-6-4-3-5-16(17)21/h3-10,18H,11-13H2,1-2H3,(H,20,22)/t18-/m0/s1. The van der Waals surface area contributed by atoms with Crippen molar-refractivity contribution in [1.29, 1.82) is 0 Å². The van der Waals surface area contributed by atoms with Gasteiger partial charge >= 0.3 is 0 Å². The molecule has 0 aromatic heterocycles. The highest BCUT2D eigenvalue weighted by molar-refractivity contribution is 5.83. The van der Waals surface area contributed by atoms with Crippen LogP contribution in [0.4, 0.5) is 5.69 Å². The molecule has 5 heteroatoms. The highest BCUT2D eigenvalue weighted by Gasteiger charge is 2.29. The van der Waals surface area contributed by atoms with Gasteiger partial charge in [0.2, 0.25) is 0 Å². The quantitative estimate of drug-likeness (QED) is 0.917. The van der Waals surface area contributed by atoms with Gasteiger partial charge in [-0.25, -0.2) is 0 Å². The summed E-state index contributed by atoms with van der Waals surface area (Å²) in [5.41, 5.74) is 2.20. The predicted molar refractivity (Wildman–Crippen MR) is 93.8 cm³/mol. The maximum Gasteiger partial charge on any atom is 0.262 e. The Morgan fingerprint density at radius 1 is 1.25 bits per heavy atom. The Morgan fingerprint density at radius 3 is 2.75 bits per heavy atom. The Labute approximate surface area is 142 Å². The van der Waals surface area contributed by atoms with Gasteiger partial charge in [-0.05, 0) is 31.2 Å². The van der Waals surface area contributed by atoms with Crippen molar-refractivity contribution in [3.05, 3.63) is 54.1 Å². The third-order valence-corrected chi connectivity index (χ3v) is 4.05. The first-order valence-corrected chi connectivity index (χ1v) is 8.09. The molecule has 3 rings (SSSR count). The monoisotopic (exact) mass is 326 g/mol. The topological polar surface area (TPSA) is 50.8 Å². The lowest BCUT2D eigenvalue weighted by molar-refractivity contribution is -0.127. The number of benzene rings is 2. The van der Waals surface area contributed by atoms with E-state index >= 15 is 0 Å². The average Bonchev–Trinajstić information content (AvgIpc) is 2.62. The van der Waals surface area contributed by atoms with Crippen molar-refractivity contribution in [1.82, 2.24) is 5.32 Å². The second-order valence-electron chi connectivity index (χ2n) is 5.80. The molecule has 126 valence electrons. The van der Waals surface area contributed by atoms with Gasteiger partial charge in [0.15, 0.2) is 6.10 Å². The fraction of sp³-hybridized carbons (Fsp3) is 0.316. The van der Waals surface area contributed by atoms with Gasteiger partial charge in [0.05, 0.1) is 18.8 Å². The average molecular weight is 326 g/mol. The molecule has 0 unspecified atom stereocenters. The van der Waals surface area contributed by atoms with Crippen molar-refractivity contribution in [3.8, 4) is 11.5 Å². The van der Waals surface area contributed by atoms with E-state index in [-0.39, 0.29) is 5.91 Å². The maximum atomic E-state index is 12.0. The third-order valence-electron chi connectivity index (χ3n) is 4.05. The van der Waals surface area contributed by atoms with Gasteiger partial charge < -0.3 is 19.7 Å². The van der Waals surface area contributed by atoms with E-state index in [0.717, 1.165) is 17.2 Å². The van der Waals surface area contributed by atoms with E-state index < -0.39 is 6.10 Å². The molecule has 2 aromatic carbocycles. The molecule has 1 heterocycles. The Hall–Kier alpha value is -2.69. The number of fused-ring (bicyclic) bond motifs is 1. The van der Waals surface area contributed by atoms with Crippen LogP contribution in [-0.4, -0.2) is 38.8 Å². The zero-order valence-electron chi connectivity index (χ0n) is 14.0. The fourth-order valence-electron chi connectivity index (χ4n) is 2.72. The lowest BCUT2D eigenvalue weighted by atomic mass is 10.2. The molecule has 1 amide bonds. The van der Waals surface area contributed by atoms with Crippen LogP contribution in [-0.2, 0) is 4.79 Å². The maximum absolute atomic E-state index is 12.0. The van der Waals surface area contributed by atoms with Crippen molar-refractivity contribution in [2.75, 3.05) is 31.6 Å². The Bertz CT molecular complexity index is 700. The van der Waals surface area contributed by atoms with Gasteiger partial charge in [0.25, 0.3) is 5.91 Å². The van der Waals surface area contributed by atoms with E-state index in [9.17, 15) is 4.79 Å². The van der Waals surface area contributed by atoms with Crippen LogP contribution in [0.25, 0.3) is 0 Å². The zero-order valence-corrected chi connectivity index (χ0v) is 14.0. The van der Waals surface area contributed by atoms with Crippen LogP contribution >= 0.6 is 0 Å². The summed E-state index contributed by atoms with van der Waals surface area (Å²) < 4.78 is 11.6. The summed E-state index contributed by atoms with van der Waals surface area (Å²) >= 11 is 0. The SMILES string of the molecule is CNC(=O)[C@@H]1CN(CCOc2ccc(C)cc2)c2ccccc2O1.